The summed E-state index contributed by atoms with van der Waals surface area (Å²) in [6.07, 6.45) is 1.43. The zero-order valence-electron chi connectivity index (χ0n) is 11.0. The standard InChI is InChI=1S/C14H16FN3O2/c15-11-3-1-4-12(10(11)9-16)17-13-5-2-6-18(7-8-19)14(13)20/h1,3-4,13,17,19H,2,5-8H2/t13-/m0/s1. The van der Waals surface area contributed by atoms with Gasteiger partial charge >= 0.3 is 0 Å². The van der Waals surface area contributed by atoms with Crippen LogP contribution in [0.3, 0.4) is 0 Å². The minimum atomic E-state index is -0.604. The van der Waals surface area contributed by atoms with E-state index < -0.39 is 11.9 Å². The lowest BCUT2D eigenvalue weighted by atomic mass is 10.0. The van der Waals surface area contributed by atoms with Crippen LogP contribution in [0.1, 0.15) is 18.4 Å². The van der Waals surface area contributed by atoms with Crippen LogP contribution >= 0.6 is 0 Å². The summed E-state index contributed by atoms with van der Waals surface area (Å²) < 4.78 is 13.5. The molecular weight excluding hydrogens is 261 g/mol. The Morgan fingerprint density at radius 1 is 1.55 bits per heavy atom. The zero-order valence-corrected chi connectivity index (χ0v) is 11.0. The molecule has 106 valence electrons. The maximum absolute atomic E-state index is 13.5. The van der Waals surface area contributed by atoms with Gasteiger partial charge in [0.05, 0.1) is 12.3 Å². The number of nitriles is 1. The number of nitrogens with one attached hydrogen (secondary N) is 1. The number of likely N-dealkylation sites (tertiary alicyclic amines) is 1. The fraction of sp³-hybridized carbons (Fsp3) is 0.429. The van der Waals surface area contributed by atoms with E-state index in [-0.39, 0.29) is 18.1 Å². The number of benzene rings is 1. The molecule has 2 rings (SSSR count). The molecule has 1 aromatic rings. The topological polar surface area (TPSA) is 76.4 Å². The largest absolute Gasteiger partial charge is 0.395 e. The zero-order chi connectivity index (χ0) is 14.5. The summed E-state index contributed by atoms with van der Waals surface area (Å²) in [6.45, 7) is 0.832. The van der Waals surface area contributed by atoms with Crippen molar-refractivity contribution in [3.05, 3.63) is 29.6 Å². The molecule has 0 aliphatic carbocycles. The number of β-amino-alcohol motifs (C(OH)–C–C–N with tert-alkyl or cyclic N) is 1. The van der Waals surface area contributed by atoms with Crippen LogP contribution < -0.4 is 5.32 Å². The Morgan fingerprint density at radius 3 is 3.05 bits per heavy atom. The number of aliphatic hydroxyl groups is 1. The van der Waals surface area contributed by atoms with Crippen LogP contribution in [0.2, 0.25) is 0 Å². The molecule has 5 nitrogen and oxygen atoms in total. The van der Waals surface area contributed by atoms with Crippen LogP contribution in [0.15, 0.2) is 18.2 Å². The van der Waals surface area contributed by atoms with E-state index in [1.54, 1.807) is 17.0 Å². The molecule has 0 saturated carbocycles. The maximum atomic E-state index is 13.5. The van der Waals surface area contributed by atoms with Crippen LogP contribution in [-0.2, 0) is 4.79 Å². The molecule has 0 unspecified atom stereocenters. The molecule has 0 bridgehead atoms. The Balaban J connectivity index is 2.16. The lowest BCUT2D eigenvalue weighted by Gasteiger charge is -2.32. The Kier molecular flexibility index (Phi) is 4.53. The summed E-state index contributed by atoms with van der Waals surface area (Å²) in [5.74, 6) is -0.730. The molecule has 6 heteroatoms. The van der Waals surface area contributed by atoms with Crippen molar-refractivity contribution in [2.75, 3.05) is 25.0 Å². The number of halogens is 1. The van der Waals surface area contributed by atoms with Crippen LogP contribution in [-0.4, -0.2) is 41.7 Å². The van der Waals surface area contributed by atoms with Gasteiger partial charge in [0, 0.05) is 13.1 Å². The average molecular weight is 277 g/mol. The van der Waals surface area contributed by atoms with Gasteiger partial charge in [0.2, 0.25) is 5.91 Å². The first-order valence-electron chi connectivity index (χ1n) is 6.52. The lowest BCUT2D eigenvalue weighted by Crippen LogP contribution is -2.48. The first kappa shape index (κ1) is 14.3. The summed E-state index contributed by atoms with van der Waals surface area (Å²) in [7, 11) is 0. The van der Waals surface area contributed by atoms with Crippen LogP contribution in [0.4, 0.5) is 10.1 Å². The third-order valence-corrected chi connectivity index (χ3v) is 3.36. The molecule has 0 aromatic heterocycles. The van der Waals surface area contributed by atoms with Gasteiger partial charge in [0.15, 0.2) is 0 Å². The highest BCUT2D eigenvalue weighted by Crippen LogP contribution is 2.22. The van der Waals surface area contributed by atoms with Crippen molar-refractivity contribution in [2.45, 2.75) is 18.9 Å². The molecule has 1 aliphatic heterocycles. The SMILES string of the molecule is N#Cc1c(F)cccc1N[C@H]1CCCN(CCO)C1=O. The number of carbonyl (C=O) groups is 1. The van der Waals surface area contributed by atoms with E-state index in [1.807, 2.05) is 0 Å². The van der Waals surface area contributed by atoms with Crippen molar-refractivity contribution in [1.29, 1.82) is 5.26 Å². The van der Waals surface area contributed by atoms with E-state index in [0.29, 0.717) is 25.2 Å². The van der Waals surface area contributed by atoms with Gasteiger partial charge in [-0.2, -0.15) is 5.26 Å². The number of carbonyl (C=O) groups excluding carboxylic acids is 1. The summed E-state index contributed by atoms with van der Waals surface area (Å²) >= 11 is 0. The highest BCUT2D eigenvalue weighted by atomic mass is 19.1. The van der Waals surface area contributed by atoms with E-state index in [2.05, 4.69) is 5.32 Å². The van der Waals surface area contributed by atoms with Crippen molar-refractivity contribution in [2.24, 2.45) is 0 Å². The van der Waals surface area contributed by atoms with E-state index in [0.717, 1.165) is 6.42 Å². The van der Waals surface area contributed by atoms with Gasteiger partial charge in [-0.05, 0) is 25.0 Å². The molecule has 1 amide bonds. The Morgan fingerprint density at radius 2 is 2.35 bits per heavy atom. The van der Waals surface area contributed by atoms with Gasteiger partial charge in [-0.15, -0.1) is 0 Å². The van der Waals surface area contributed by atoms with Gasteiger partial charge in [-0.3, -0.25) is 4.79 Å². The quantitative estimate of drug-likeness (QED) is 0.864. The molecule has 2 N–H and O–H groups in total. The number of hydrogen-bond donors (Lipinski definition) is 2. The van der Waals surface area contributed by atoms with Gasteiger partial charge in [0.25, 0.3) is 0 Å². The fourth-order valence-corrected chi connectivity index (χ4v) is 2.36. The van der Waals surface area contributed by atoms with Crippen LogP contribution in [0.5, 0.6) is 0 Å². The number of anilines is 1. The second-order valence-corrected chi connectivity index (χ2v) is 4.66. The molecule has 1 aliphatic rings. The minimum absolute atomic E-state index is 0.0815. The highest BCUT2D eigenvalue weighted by molar-refractivity contribution is 5.86. The van der Waals surface area contributed by atoms with E-state index >= 15 is 0 Å². The summed E-state index contributed by atoms with van der Waals surface area (Å²) in [6, 6.07) is 5.61. The first-order valence-corrected chi connectivity index (χ1v) is 6.52. The Bertz CT molecular complexity index is 540. The van der Waals surface area contributed by atoms with Crippen LogP contribution in [0.25, 0.3) is 0 Å². The predicted molar refractivity (Wildman–Crippen MR) is 71.4 cm³/mol. The van der Waals surface area contributed by atoms with Crippen LogP contribution in [0, 0.1) is 17.1 Å². The molecule has 1 fully saturated rings. The van der Waals surface area contributed by atoms with Gasteiger partial charge in [-0.1, -0.05) is 6.07 Å². The Hall–Kier alpha value is -2.13. The number of rotatable bonds is 4. The number of aliphatic hydroxyl groups excluding tert-OH is 1. The maximum Gasteiger partial charge on any atom is 0.245 e. The second-order valence-electron chi connectivity index (χ2n) is 4.66. The molecule has 0 radical (unpaired) electrons. The highest BCUT2D eigenvalue weighted by Gasteiger charge is 2.28. The predicted octanol–water partition coefficient (Wildman–Crippen LogP) is 1.09. The average Bonchev–Trinajstić information content (AvgIpc) is 2.44. The van der Waals surface area contributed by atoms with E-state index in [4.69, 9.17) is 10.4 Å². The molecule has 1 aromatic carbocycles. The third kappa shape index (κ3) is 2.89. The Labute approximate surface area is 116 Å². The van der Waals surface area contributed by atoms with Crippen molar-refractivity contribution < 1.29 is 14.3 Å². The summed E-state index contributed by atoms with van der Waals surface area (Å²) in [4.78, 5) is 13.8. The molecule has 0 spiro atoms. The second kappa shape index (κ2) is 6.35. The molecule has 1 heterocycles. The van der Waals surface area contributed by atoms with Crippen molar-refractivity contribution in [3.63, 3.8) is 0 Å². The van der Waals surface area contributed by atoms with Gasteiger partial charge < -0.3 is 15.3 Å². The van der Waals surface area contributed by atoms with Gasteiger partial charge in [-0.25, -0.2) is 4.39 Å². The smallest absolute Gasteiger partial charge is 0.245 e. The van der Waals surface area contributed by atoms with E-state index in [1.165, 1.54) is 12.1 Å². The van der Waals surface area contributed by atoms with Crippen molar-refractivity contribution in [1.82, 2.24) is 4.90 Å². The fourth-order valence-electron chi connectivity index (χ4n) is 2.36. The number of amides is 1. The van der Waals surface area contributed by atoms with Crippen molar-refractivity contribution >= 4 is 11.6 Å². The lowest BCUT2D eigenvalue weighted by molar-refractivity contribution is -0.134. The molecule has 1 saturated heterocycles. The third-order valence-electron chi connectivity index (χ3n) is 3.36. The summed E-state index contributed by atoms with van der Waals surface area (Å²) in [5.41, 5.74) is 0.247. The molecule has 20 heavy (non-hydrogen) atoms. The number of piperidine rings is 1. The van der Waals surface area contributed by atoms with Crippen molar-refractivity contribution in [3.8, 4) is 6.07 Å². The molecular formula is C14H16FN3O2. The monoisotopic (exact) mass is 277 g/mol. The normalized spacial score (nSPS) is 18.8. The minimum Gasteiger partial charge on any atom is -0.395 e. The van der Waals surface area contributed by atoms with E-state index in [9.17, 15) is 9.18 Å². The number of nitrogens with zero attached hydrogens (tertiary/aromatic N) is 2. The molecule has 1 atom stereocenters. The van der Waals surface area contributed by atoms with Gasteiger partial charge in [0.1, 0.15) is 23.5 Å². The first-order chi connectivity index (χ1) is 9.67. The number of hydrogen-bond acceptors (Lipinski definition) is 4. The summed E-state index contributed by atoms with van der Waals surface area (Å²) in [5, 5.41) is 20.8.